The number of benzene rings is 1. The number of aromatic nitrogens is 1. The fourth-order valence-electron chi connectivity index (χ4n) is 1.58. The van der Waals surface area contributed by atoms with Crippen molar-refractivity contribution in [2.45, 2.75) is 20.3 Å². The first-order valence-corrected chi connectivity index (χ1v) is 5.93. The molecule has 2 rings (SSSR count). The van der Waals surface area contributed by atoms with Gasteiger partial charge >= 0.3 is 0 Å². The van der Waals surface area contributed by atoms with Crippen LogP contribution in [0, 0.1) is 6.92 Å². The number of para-hydroxylation sites is 1. The Morgan fingerprint density at radius 1 is 1.22 bits per heavy atom. The van der Waals surface area contributed by atoms with Gasteiger partial charge < -0.3 is 4.74 Å². The zero-order valence-electron chi connectivity index (χ0n) is 10.5. The van der Waals surface area contributed by atoms with Crippen LogP contribution in [0.1, 0.15) is 29.4 Å². The summed E-state index contributed by atoms with van der Waals surface area (Å²) in [6.07, 6.45) is 2.04. The number of rotatable bonds is 4. The number of carbonyl (C=O) groups is 1. The Balaban J connectivity index is 2.16. The molecule has 0 aliphatic carbocycles. The van der Waals surface area contributed by atoms with Crippen molar-refractivity contribution in [2.75, 3.05) is 0 Å². The lowest BCUT2D eigenvalue weighted by atomic mass is 10.2. The molecule has 0 bridgehead atoms. The molecule has 1 aromatic heterocycles. The number of ketones is 1. The minimum Gasteiger partial charge on any atom is -0.455 e. The van der Waals surface area contributed by atoms with Gasteiger partial charge in [-0.05, 0) is 30.7 Å². The monoisotopic (exact) mass is 241 g/mol. The van der Waals surface area contributed by atoms with Gasteiger partial charge in [-0.2, -0.15) is 0 Å². The third kappa shape index (κ3) is 2.74. The largest absolute Gasteiger partial charge is 0.455 e. The van der Waals surface area contributed by atoms with E-state index in [1.165, 1.54) is 0 Å². The van der Waals surface area contributed by atoms with E-state index in [0.717, 1.165) is 11.3 Å². The number of aryl methyl sites for hydroxylation is 1. The molecular formula is C15H15NO2. The molecular weight excluding hydrogens is 226 g/mol. The van der Waals surface area contributed by atoms with Crippen molar-refractivity contribution < 1.29 is 9.53 Å². The van der Waals surface area contributed by atoms with Gasteiger partial charge in [-0.15, -0.1) is 0 Å². The van der Waals surface area contributed by atoms with E-state index in [4.69, 9.17) is 4.74 Å². The fraction of sp³-hybridized carbons (Fsp3) is 0.200. The summed E-state index contributed by atoms with van der Waals surface area (Å²) in [6, 6.07) is 11.2. The van der Waals surface area contributed by atoms with E-state index in [0.29, 0.717) is 17.9 Å². The molecule has 0 aliphatic rings. The molecule has 0 fully saturated rings. The maximum absolute atomic E-state index is 11.4. The molecule has 0 amide bonds. The second kappa shape index (κ2) is 5.45. The molecule has 0 saturated carbocycles. The van der Waals surface area contributed by atoms with E-state index in [-0.39, 0.29) is 5.78 Å². The van der Waals surface area contributed by atoms with E-state index in [9.17, 15) is 4.79 Å². The molecule has 0 N–H and O–H groups in total. The summed E-state index contributed by atoms with van der Waals surface area (Å²) in [5.74, 6) is 1.48. The summed E-state index contributed by atoms with van der Waals surface area (Å²) in [4.78, 5) is 15.5. The predicted octanol–water partition coefficient (Wildman–Crippen LogP) is 3.78. The number of pyridine rings is 1. The lowest BCUT2D eigenvalue weighted by Crippen LogP contribution is -1.99. The van der Waals surface area contributed by atoms with Crippen LogP contribution in [0.25, 0.3) is 0 Å². The van der Waals surface area contributed by atoms with Gasteiger partial charge in [-0.1, -0.05) is 25.1 Å². The Hall–Kier alpha value is -2.16. The summed E-state index contributed by atoms with van der Waals surface area (Å²) >= 11 is 0. The summed E-state index contributed by atoms with van der Waals surface area (Å²) in [5, 5.41) is 0. The second-order valence-electron chi connectivity index (χ2n) is 4.02. The number of hydrogen-bond acceptors (Lipinski definition) is 3. The van der Waals surface area contributed by atoms with E-state index in [1.54, 1.807) is 18.3 Å². The third-order valence-electron chi connectivity index (χ3n) is 2.66. The molecule has 2 aromatic rings. The van der Waals surface area contributed by atoms with Crippen molar-refractivity contribution in [1.29, 1.82) is 0 Å². The SMILES string of the molecule is CCC(=O)c1ccc(Oc2ccccc2C)cn1. The van der Waals surface area contributed by atoms with Gasteiger partial charge in [0.2, 0.25) is 0 Å². The normalized spacial score (nSPS) is 10.1. The average Bonchev–Trinajstić information content (AvgIpc) is 2.41. The Labute approximate surface area is 106 Å². The van der Waals surface area contributed by atoms with Crippen LogP contribution in [-0.4, -0.2) is 10.8 Å². The molecule has 0 radical (unpaired) electrons. The molecule has 92 valence electrons. The molecule has 0 aliphatic heterocycles. The predicted molar refractivity (Wildman–Crippen MR) is 70.1 cm³/mol. The minimum atomic E-state index is 0.0393. The van der Waals surface area contributed by atoms with Crippen molar-refractivity contribution in [3.8, 4) is 11.5 Å². The lowest BCUT2D eigenvalue weighted by Gasteiger charge is -2.08. The minimum absolute atomic E-state index is 0.0393. The van der Waals surface area contributed by atoms with E-state index < -0.39 is 0 Å². The summed E-state index contributed by atoms with van der Waals surface area (Å²) in [6.45, 7) is 3.81. The van der Waals surface area contributed by atoms with Gasteiger partial charge in [0.05, 0.1) is 6.20 Å². The number of carbonyl (C=O) groups excluding carboxylic acids is 1. The van der Waals surface area contributed by atoms with Gasteiger partial charge in [0, 0.05) is 6.42 Å². The first-order valence-electron chi connectivity index (χ1n) is 5.93. The fourth-order valence-corrected chi connectivity index (χ4v) is 1.58. The van der Waals surface area contributed by atoms with Crippen molar-refractivity contribution in [1.82, 2.24) is 4.98 Å². The van der Waals surface area contributed by atoms with Gasteiger partial charge in [-0.25, -0.2) is 4.98 Å². The van der Waals surface area contributed by atoms with Crippen molar-refractivity contribution in [3.05, 3.63) is 53.9 Å². The highest BCUT2D eigenvalue weighted by molar-refractivity contribution is 5.93. The lowest BCUT2D eigenvalue weighted by molar-refractivity contribution is 0.0983. The molecule has 0 atom stereocenters. The van der Waals surface area contributed by atoms with E-state index in [2.05, 4.69) is 4.98 Å². The zero-order chi connectivity index (χ0) is 13.0. The van der Waals surface area contributed by atoms with Crippen LogP contribution in [0.4, 0.5) is 0 Å². The summed E-state index contributed by atoms with van der Waals surface area (Å²) in [7, 11) is 0. The number of ether oxygens (including phenoxy) is 1. The molecule has 1 heterocycles. The highest BCUT2D eigenvalue weighted by atomic mass is 16.5. The van der Waals surface area contributed by atoms with Crippen molar-refractivity contribution in [2.24, 2.45) is 0 Å². The maximum Gasteiger partial charge on any atom is 0.180 e. The van der Waals surface area contributed by atoms with Crippen LogP contribution in [0.5, 0.6) is 11.5 Å². The Morgan fingerprint density at radius 2 is 2.00 bits per heavy atom. The Morgan fingerprint density at radius 3 is 2.61 bits per heavy atom. The van der Waals surface area contributed by atoms with Crippen LogP contribution in [0.3, 0.4) is 0 Å². The molecule has 3 nitrogen and oxygen atoms in total. The van der Waals surface area contributed by atoms with Crippen molar-refractivity contribution >= 4 is 5.78 Å². The van der Waals surface area contributed by atoms with Gasteiger partial charge in [-0.3, -0.25) is 4.79 Å². The van der Waals surface area contributed by atoms with Gasteiger partial charge in [0.1, 0.15) is 17.2 Å². The van der Waals surface area contributed by atoms with Crippen LogP contribution < -0.4 is 4.74 Å². The topological polar surface area (TPSA) is 39.2 Å². The third-order valence-corrected chi connectivity index (χ3v) is 2.66. The molecule has 1 aromatic carbocycles. The average molecular weight is 241 g/mol. The molecule has 0 saturated heterocycles. The van der Waals surface area contributed by atoms with E-state index in [1.807, 2.05) is 38.1 Å². The van der Waals surface area contributed by atoms with Gasteiger partial charge in [0.15, 0.2) is 5.78 Å². The summed E-state index contributed by atoms with van der Waals surface area (Å²) in [5.41, 5.74) is 1.54. The first-order chi connectivity index (χ1) is 8.70. The first kappa shape index (κ1) is 12.3. The van der Waals surface area contributed by atoms with Crippen LogP contribution >= 0.6 is 0 Å². The Kier molecular flexibility index (Phi) is 3.72. The van der Waals surface area contributed by atoms with Gasteiger partial charge in [0.25, 0.3) is 0 Å². The second-order valence-corrected chi connectivity index (χ2v) is 4.02. The molecule has 18 heavy (non-hydrogen) atoms. The van der Waals surface area contributed by atoms with E-state index >= 15 is 0 Å². The summed E-state index contributed by atoms with van der Waals surface area (Å²) < 4.78 is 5.70. The number of hydrogen-bond donors (Lipinski definition) is 0. The van der Waals surface area contributed by atoms with Crippen LogP contribution in [0.2, 0.25) is 0 Å². The zero-order valence-corrected chi connectivity index (χ0v) is 10.5. The number of nitrogens with zero attached hydrogens (tertiary/aromatic N) is 1. The standard InChI is InChI=1S/C15H15NO2/c1-3-14(17)13-9-8-12(10-16-13)18-15-7-5-4-6-11(15)2/h4-10H,3H2,1-2H3. The molecule has 0 spiro atoms. The Bertz CT molecular complexity index is 547. The quantitative estimate of drug-likeness (QED) is 0.765. The molecule has 3 heteroatoms. The smallest absolute Gasteiger partial charge is 0.180 e. The highest BCUT2D eigenvalue weighted by Crippen LogP contribution is 2.23. The van der Waals surface area contributed by atoms with Crippen molar-refractivity contribution in [3.63, 3.8) is 0 Å². The maximum atomic E-state index is 11.4. The van der Waals surface area contributed by atoms with Crippen LogP contribution in [-0.2, 0) is 0 Å². The number of Topliss-reactive ketones (excluding diaryl/α,β-unsaturated/α-hetero) is 1. The van der Waals surface area contributed by atoms with Crippen LogP contribution in [0.15, 0.2) is 42.6 Å². The molecule has 0 unspecified atom stereocenters. The highest BCUT2D eigenvalue weighted by Gasteiger charge is 2.05.